The monoisotopic (exact) mass is 262 g/mol. The number of carbonyl (C=O) groups is 1. The van der Waals surface area contributed by atoms with Crippen LogP contribution in [0.25, 0.3) is 6.08 Å². The van der Waals surface area contributed by atoms with Crippen molar-refractivity contribution in [3.8, 4) is 5.75 Å². The Morgan fingerprint density at radius 2 is 2.16 bits per heavy atom. The molecule has 0 aromatic heterocycles. The second-order valence-electron chi connectivity index (χ2n) is 4.27. The fourth-order valence-corrected chi connectivity index (χ4v) is 1.55. The average molecular weight is 262 g/mol. The highest BCUT2D eigenvalue weighted by molar-refractivity contribution is 5.92. The van der Waals surface area contributed by atoms with Gasteiger partial charge in [0.15, 0.2) is 0 Å². The first-order valence-corrected chi connectivity index (χ1v) is 6.54. The van der Waals surface area contributed by atoms with E-state index in [2.05, 4.69) is 6.92 Å². The summed E-state index contributed by atoms with van der Waals surface area (Å²) in [6.07, 6.45) is 4.28. The minimum Gasteiger partial charge on any atom is -0.493 e. The number of nitrogens with two attached hydrogens (primary N) is 1. The molecule has 2 N–H and O–H groups in total. The molecule has 4 heteroatoms. The summed E-state index contributed by atoms with van der Waals surface area (Å²) < 4.78 is 5.63. The van der Waals surface area contributed by atoms with Crippen molar-refractivity contribution < 1.29 is 9.53 Å². The second-order valence-corrected chi connectivity index (χ2v) is 4.27. The Labute approximate surface area is 114 Å². The van der Waals surface area contributed by atoms with Crippen molar-refractivity contribution in [1.29, 1.82) is 0 Å². The van der Waals surface area contributed by atoms with Crippen LogP contribution in [0.3, 0.4) is 0 Å². The molecule has 0 atom stereocenters. The molecule has 1 rings (SSSR count). The van der Waals surface area contributed by atoms with Gasteiger partial charge in [0.05, 0.1) is 6.61 Å². The zero-order valence-corrected chi connectivity index (χ0v) is 11.6. The van der Waals surface area contributed by atoms with Gasteiger partial charge in [0.2, 0.25) is 5.91 Å². The molecule has 0 heterocycles. The van der Waals surface area contributed by atoms with Gasteiger partial charge < -0.3 is 15.4 Å². The number of hydrogen-bond donors (Lipinski definition) is 1. The number of rotatable bonds is 7. The Balaban J connectivity index is 2.72. The number of benzene rings is 1. The Bertz CT molecular complexity index is 430. The molecule has 0 saturated heterocycles. The van der Waals surface area contributed by atoms with Gasteiger partial charge in [-0.15, -0.1) is 0 Å². The van der Waals surface area contributed by atoms with Crippen molar-refractivity contribution in [2.45, 2.75) is 13.3 Å². The van der Waals surface area contributed by atoms with E-state index in [1.807, 2.05) is 24.3 Å². The molecule has 19 heavy (non-hydrogen) atoms. The summed E-state index contributed by atoms with van der Waals surface area (Å²) in [5.74, 6) is 0.741. The predicted octanol–water partition coefficient (Wildman–Crippen LogP) is 1.91. The summed E-state index contributed by atoms with van der Waals surface area (Å²) in [6, 6.07) is 7.68. The van der Waals surface area contributed by atoms with E-state index in [4.69, 9.17) is 10.5 Å². The van der Waals surface area contributed by atoms with Crippen molar-refractivity contribution in [3.63, 3.8) is 0 Å². The van der Waals surface area contributed by atoms with Crippen LogP contribution in [0.2, 0.25) is 0 Å². The summed E-state index contributed by atoms with van der Waals surface area (Å²) in [7, 11) is 1.74. The molecular formula is C15H22N2O2. The van der Waals surface area contributed by atoms with Crippen LogP contribution in [0.1, 0.15) is 18.9 Å². The van der Waals surface area contributed by atoms with E-state index in [1.165, 1.54) is 0 Å². The van der Waals surface area contributed by atoms with Crippen molar-refractivity contribution in [3.05, 3.63) is 35.9 Å². The van der Waals surface area contributed by atoms with Gasteiger partial charge in [-0.25, -0.2) is 0 Å². The molecule has 0 fully saturated rings. The molecule has 1 aromatic carbocycles. The third-order valence-corrected chi connectivity index (χ3v) is 2.63. The van der Waals surface area contributed by atoms with E-state index in [9.17, 15) is 4.79 Å². The van der Waals surface area contributed by atoms with Crippen LogP contribution >= 0.6 is 0 Å². The number of para-hydroxylation sites is 1. The first-order valence-electron chi connectivity index (χ1n) is 6.54. The molecule has 0 unspecified atom stereocenters. The van der Waals surface area contributed by atoms with Gasteiger partial charge in [0.1, 0.15) is 5.75 Å². The van der Waals surface area contributed by atoms with Gasteiger partial charge in [0, 0.05) is 31.8 Å². The Hall–Kier alpha value is -1.81. The van der Waals surface area contributed by atoms with Crippen molar-refractivity contribution in [1.82, 2.24) is 4.90 Å². The lowest BCUT2D eigenvalue weighted by atomic mass is 10.2. The molecule has 4 nitrogen and oxygen atoms in total. The third kappa shape index (κ3) is 5.14. The van der Waals surface area contributed by atoms with Crippen molar-refractivity contribution in [2.75, 3.05) is 26.7 Å². The van der Waals surface area contributed by atoms with Gasteiger partial charge >= 0.3 is 0 Å². The molecule has 0 aliphatic carbocycles. The van der Waals surface area contributed by atoms with Crippen LogP contribution in [-0.4, -0.2) is 37.6 Å². The van der Waals surface area contributed by atoms with E-state index in [1.54, 1.807) is 24.1 Å². The van der Waals surface area contributed by atoms with Crippen LogP contribution < -0.4 is 10.5 Å². The maximum Gasteiger partial charge on any atom is 0.246 e. The Kier molecular flexibility index (Phi) is 6.68. The average Bonchev–Trinajstić information content (AvgIpc) is 2.43. The highest BCUT2D eigenvalue weighted by Crippen LogP contribution is 2.19. The molecule has 1 aromatic rings. The topological polar surface area (TPSA) is 55.6 Å². The molecule has 104 valence electrons. The SMILES string of the molecule is CCCOc1ccccc1/C=C/C(=O)N(C)CCN. The van der Waals surface area contributed by atoms with Crippen molar-refractivity contribution >= 4 is 12.0 Å². The molecule has 0 spiro atoms. The fourth-order valence-electron chi connectivity index (χ4n) is 1.55. The lowest BCUT2D eigenvalue weighted by Crippen LogP contribution is -2.30. The van der Waals surface area contributed by atoms with E-state index in [0.717, 1.165) is 17.7 Å². The summed E-state index contributed by atoms with van der Waals surface area (Å²) in [5, 5.41) is 0. The molecular weight excluding hydrogens is 240 g/mol. The maximum absolute atomic E-state index is 11.8. The summed E-state index contributed by atoms with van der Waals surface area (Å²) in [4.78, 5) is 13.4. The first-order chi connectivity index (χ1) is 9.19. The minimum atomic E-state index is -0.0595. The number of nitrogens with zero attached hydrogens (tertiary/aromatic N) is 1. The summed E-state index contributed by atoms with van der Waals surface area (Å²) in [5.41, 5.74) is 6.32. The lowest BCUT2D eigenvalue weighted by Gasteiger charge is -2.13. The van der Waals surface area contributed by atoms with Gasteiger partial charge in [-0.2, -0.15) is 0 Å². The van der Waals surface area contributed by atoms with Gasteiger partial charge in [-0.05, 0) is 18.6 Å². The minimum absolute atomic E-state index is 0.0595. The molecule has 0 radical (unpaired) electrons. The normalized spacial score (nSPS) is 10.7. The lowest BCUT2D eigenvalue weighted by molar-refractivity contribution is -0.124. The van der Waals surface area contributed by atoms with E-state index >= 15 is 0 Å². The maximum atomic E-state index is 11.8. The van der Waals surface area contributed by atoms with Gasteiger partial charge in [-0.1, -0.05) is 25.1 Å². The summed E-state index contributed by atoms with van der Waals surface area (Å²) >= 11 is 0. The third-order valence-electron chi connectivity index (χ3n) is 2.63. The highest BCUT2D eigenvalue weighted by atomic mass is 16.5. The fraction of sp³-hybridized carbons (Fsp3) is 0.400. The van der Waals surface area contributed by atoms with Gasteiger partial charge in [0.25, 0.3) is 0 Å². The van der Waals surface area contributed by atoms with Crippen molar-refractivity contribution in [2.24, 2.45) is 5.73 Å². The molecule has 0 aliphatic rings. The molecule has 0 bridgehead atoms. The smallest absolute Gasteiger partial charge is 0.246 e. The molecule has 0 saturated carbocycles. The zero-order valence-electron chi connectivity index (χ0n) is 11.6. The van der Waals surface area contributed by atoms with Crippen LogP contribution in [0.5, 0.6) is 5.75 Å². The van der Waals surface area contributed by atoms with Crippen LogP contribution in [0.15, 0.2) is 30.3 Å². The summed E-state index contributed by atoms with van der Waals surface area (Å²) in [6.45, 7) is 3.75. The van der Waals surface area contributed by atoms with Crippen LogP contribution in [0, 0.1) is 0 Å². The number of amides is 1. The number of hydrogen-bond acceptors (Lipinski definition) is 3. The van der Waals surface area contributed by atoms with Gasteiger partial charge in [-0.3, -0.25) is 4.79 Å². The Morgan fingerprint density at radius 1 is 1.42 bits per heavy atom. The van der Waals surface area contributed by atoms with E-state index in [0.29, 0.717) is 19.7 Å². The van der Waals surface area contributed by atoms with Crippen LogP contribution in [-0.2, 0) is 4.79 Å². The van der Waals surface area contributed by atoms with E-state index < -0.39 is 0 Å². The standard InChI is InChI=1S/C15H22N2O2/c1-3-12-19-14-7-5-4-6-13(14)8-9-15(18)17(2)11-10-16/h4-9H,3,10-12,16H2,1-2H3/b9-8+. The quantitative estimate of drug-likeness (QED) is 0.764. The molecule has 1 amide bonds. The first kappa shape index (κ1) is 15.2. The number of carbonyl (C=O) groups excluding carboxylic acids is 1. The van der Waals surface area contributed by atoms with E-state index in [-0.39, 0.29) is 5.91 Å². The Morgan fingerprint density at radius 3 is 2.84 bits per heavy atom. The second kappa shape index (κ2) is 8.32. The molecule has 0 aliphatic heterocycles. The number of likely N-dealkylation sites (N-methyl/N-ethyl adjacent to an activating group) is 1. The predicted molar refractivity (Wildman–Crippen MR) is 78.0 cm³/mol. The highest BCUT2D eigenvalue weighted by Gasteiger charge is 2.04. The largest absolute Gasteiger partial charge is 0.493 e. The number of ether oxygens (including phenoxy) is 1. The van der Waals surface area contributed by atoms with Crippen LogP contribution in [0.4, 0.5) is 0 Å². The zero-order chi connectivity index (χ0) is 14.1.